The molecule has 1 aliphatic rings. The summed E-state index contributed by atoms with van der Waals surface area (Å²) in [6, 6.07) is 13.8. The molecule has 1 aliphatic heterocycles. The maximum absolute atomic E-state index is 12.3. The Morgan fingerprint density at radius 1 is 1.33 bits per heavy atom. The molecule has 0 aliphatic carbocycles. The number of amides is 1. The summed E-state index contributed by atoms with van der Waals surface area (Å²) in [6.07, 6.45) is 3.87. The number of fused-ring (bicyclic) bond motifs is 1. The summed E-state index contributed by atoms with van der Waals surface area (Å²) in [6.45, 7) is 6.83. The molecular formula is C24H24ClN3O2. The van der Waals surface area contributed by atoms with Gasteiger partial charge in [-0.05, 0) is 60.9 Å². The zero-order valence-corrected chi connectivity index (χ0v) is 17.9. The normalized spacial score (nSPS) is 18.4. The number of nitrogens with one attached hydrogen (secondary N) is 1. The molecule has 154 valence electrons. The summed E-state index contributed by atoms with van der Waals surface area (Å²) in [5.41, 5.74) is 3.42. The minimum absolute atomic E-state index is 0.0664. The van der Waals surface area contributed by atoms with Gasteiger partial charge in [0.25, 0.3) is 0 Å². The molecule has 1 amide bonds. The number of rotatable bonds is 5. The fourth-order valence-corrected chi connectivity index (χ4v) is 4.47. The first-order valence-corrected chi connectivity index (χ1v) is 10.2. The number of ether oxygens (including phenoxy) is 1. The van der Waals surface area contributed by atoms with E-state index in [0.717, 1.165) is 39.9 Å². The number of pyridine rings is 1. The Balaban J connectivity index is 1.78. The molecule has 0 bridgehead atoms. The fourth-order valence-electron chi connectivity index (χ4n) is 4.30. The average Bonchev–Trinajstić information content (AvgIpc) is 3.19. The summed E-state index contributed by atoms with van der Waals surface area (Å²) in [5.74, 6) is 0.721. The monoisotopic (exact) mass is 421 g/mol. The second-order valence-electron chi connectivity index (χ2n) is 7.58. The average molecular weight is 422 g/mol. The van der Waals surface area contributed by atoms with E-state index < -0.39 is 5.54 Å². The van der Waals surface area contributed by atoms with Gasteiger partial charge in [-0.3, -0.25) is 9.78 Å². The van der Waals surface area contributed by atoms with Gasteiger partial charge in [0, 0.05) is 35.4 Å². The molecule has 3 aromatic rings. The topological polar surface area (TPSA) is 54.5 Å². The van der Waals surface area contributed by atoms with E-state index in [1.54, 1.807) is 13.3 Å². The first-order valence-electron chi connectivity index (χ1n) is 9.85. The van der Waals surface area contributed by atoms with E-state index in [4.69, 9.17) is 16.3 Å². The van der Waals surface area contributed by atoms with E-state index in [2.05, 4.69) is 22.9 Å². The lowest BCUT2D eigenvalue weighted by Gasteiger charge is -2.34. The first-order chi connectivity index (χ1) is 14.5. The maximum Gasteiger partial charge on any atom is 0.246 e. The van der Waals surface area contributed by atoms with Crippen molar-refractivity contribution in [1.29, 1.82) is 0 Å². The van der Waals surface area contributed by atoms with E-state index in [0.29, 0.717) is 18.1 Å². The Hall–Kier alpha value is -3.05. The van der Waals surface area contributed by atoms with Crippen LogP contribution in [0.5, 0.6) is 5.75 Å². The Morgan fingerprint density at radius 3 is 2.93 bits per heavy atom. The number of likely N-dealkylation sites (tertiary alicyclic amines) is 1. The Labute approximate surface area is 181 Å². The van der Waals surface area contributed by atoms with Crippen LogP contribution in [0.15, 0.2) is 61.3 Å². The van der Waals surface area contributed by atoms with E-state index in [-0.39, 0.29) is 5.91 Å². The van der Waals surface area contributed by atoms with Crippen LogP contribution in [0, 0.1) is 6.92 Å². The minimum atomic E-state index is -0.458. The molecule has 1 fully saturated rings. The van der Waals surface area contributed by atoms with Crippen molar-refractivity contribution in [2.24, 2.45) is 0 Å². The van der Waals surface area contributed by atoms with Crippen molar-refractivity contribution in [3.05, 3.63) is 77.5 Å². The lowest BCUT2D eigenvalue weighted by atomic mass is 9.85. The molecule has 0 unspecified atom stereocenters. The molecule has 0 radical (unpaired) electrons. The van der Waals surface area contributed by atoms with Crippen LogP contribution in [0.2, 0.25) is 5.02 Å². The summed E-state index contributed by atoms with van der Waals surface area (Å²) >= 11 is 6.45. The number of nitrogens with zero attached hydrogens (tertiary/aromatic N) is 2. The van der Waals surface area contributed by atoms with Gasteiger partial charge in [-0.1, -0.05) is 30.3 Å². The lowest BCUT2D eigenvalue weighted by Crippen LogP contribution is -2.40. The van der Waals surface area contributed by atoms with Crippen molar-refractivity contribution < 1.29 is 9.53 Å². The summed E-state index contributed by atoms with van der Waals surface area (Å²) < 4.78 is 5.44. The molecular weight excluding hydrogens is 398 g/mol. The van der Waals surface area contributed by atoms with Gasteiger partial charge in [0.15, 0.2) is 0 Å². The summed E-state index contributed by atoms with van der Waals surface area (Å²) in [7, 11) is 1.65. The third kappa shape index (κ3) is 3.50. The van der Waals surface area contributed by atoms with E-state index in [9.17, 15) is 4.79 Å². The van der Waals surface area contributed by atoms with Crippen LogP contribution in [0.3, 0.4) is 0 Å². The summed E-state index contributed by atoms with van der Waals surface area (Å²) in [5, 5.41) is 5.38. The van der Waals surface area contributed by atoms with Crippen molar-refractivity contribution >= 4 is 34.1 Å². The second-order valence-corrected chi connectivity index (χ2v) is 7.99. The molecule has 1 atom stereocenters. The Bertz CT molecular complexity index is 1130. The molecule has 30 heavy (non-hydrogen) atoms. The molecule has 0 spiro atoms. The van der Waals surface area contributed by atoms with Gasteiger partial charge in [0.1, 0.15) is 5.75 Å². The van der Waals surface area contributed by atoms with Gasteiger partial charge >= 0.3 is 0 Å². The van der Waals surface area contributed by atoms with Crippen LogP contribution in [0.25, 0.3) is 10.9 Å². The maximum atomic E-state index is 12.3. The van der Waals surface area contributed by atoms with Gasteiger partial charge in [-0.25, -0.2) is 0 Å². The number of methoxy groups -OCH3 is 1. The van der Waals surface area contributed by atoms with Crippen molar-refractivity contribution in [1.82, 2.24) is 9.88 Å². The highest BCUT2D eigenvalue weighted by atomic mass is 35.5. The smallest absolute Gasteiger partial charge is 0.246 e. The molecule has 1 saturated heterocycles. The number of halogens is 1. The number of hydrogen-bond donors (Lipinski definition) is 1. The quantitative estimate of drug-likeness (QED) is 0.593. The van der Waals surface area contributed by atoms with Crippen molar-refractivity contribution in [3.63, 3.8) is 0 Å². The van der Waals surface area contributed by atoms with Crippen LogP contribution in [0.1, 0.15) is 17.5 Å². The fraction of sp³-hybridized carbons (Fsp3) is 0.250. The number of carbonyl (C=O) groups excluding carboxylic acids is 1. The van der Waals surface area contributed by atoms with Crippen LogP contribution in [-0.2, 0) is 10.3 Å². The number of hydrogen-bond acceptors (Lipinski definition) is 4. The van der Waals surface area contributed by atoms with Gasteiger partial charge in [0.2, 0.25) is 5.91 Å². The van der Waals surface area contributed by atoms with E-state index in [1.165, 1.54) is 6.08 Å². The van der Waals surface area contributed by atoms with E-state index in [1.807, 2.05) is 48.2 Å². The summed E-state index contributed by atoms with van der Waals surface area (Å²) in [4.78, 5) is 18.6. The minimum Gasteiger partial charge on any atom is -0.496 e. The largest absolute Gasteiger partial charge is 0.496 e. The van der Waals surface area contributed by atoms with Gasteiger partial charge in [-0.15, -0.1) is 0 Å². The molecule has 2 heterocycles. The Kier molecular flexibility index (Phi) is 5.39. The zero-order valence-electron chi connectivity index (χ0n) is 17.1. The molecule has 4 rings (SSSR count). The number of aromatic nitrogens is 1. The molecule has 2 aromatic carbocycles. The molecule has 5 nitrogen and oxygen atoms in total. The van der Waals surface area contributed by atoms with Crippen molar-refractivity contribution in [2.75, 3.05) is 25.5 Å². The number of anilines is 1. The third-order valence-corrected chi connectivity index (χ3v) is 6.25. The van der Waals surface area contributed by atoms with Crippen molar-refractivity contribution in [2.45, 2.75) is 18.9 Å². The zero-order chi connectivity index (χ0) is 21.3. The number of carbonyl (C=O) groups is 1. The predicted molar refractivity (Wildman–Crippen MR) is 121 cm³/mol. The van der Waals surface area contributed by atoms with E-state index >= 15 is 0 Å². The van der Waals surface area contributed by atoms with Crippen LogP contribution >= 0.6 is 11.6 Å². The van der Waals surface area contributed by atoms with Crippen molar-refractivity contribution in [3.8, 4) is 5.75 Å². The highest BCUT2D eigenvalue weighted by Crippen LogP contribution is 2.40. The second kappa shape index (κ2) is 8.00. The number of benzene rings is 2. The van der Waals surface area contributed by atoms with Crippen LogP contribution in [-0.4, -0.2) is 36.0 Å². The van der Waals surface area contributed by atoms with Gasteiger partial charge in [-0.2, -0.15) is 0 Å². The van der Waals surface area contributed by atoms with Gasteiger partial charge < -0.3 is 15.0 Å². The van der Waals surface area contributed by atoms with Crippen LogP contribution < -0.4 is 10.1 Å². The highest BCUT2D eigenvalue weighted by molar-refractivity contribution is 6.31. The Morgan fingerprint density at radius 2 is 2.17 bits per heavy atom. The lowest BCUT2D eigenvalue weighted by molar-refractivity contribution is -0.125. The van der Waals surface area contributed by atoms with Gasteiger partial charge in [0.05, 0.1) is 18.2 Å². The molecule has 0 saturated carbocycles. The third-order valence-electron chi connectivity index (χ3n) is 5.85. The predicted octanol–water partition coefficient (Wildman–Crippen LogP) is 4.93. The standard InChI is InChI=1S/C24H24ClN3O2/c1-4-23(29)28-13-11-24(15-28,19-6-5-7-20(25)16(19)2)27-17-8-9-18-21(14-17)26-12-10-22(18)30-3/h4-10,12,14,27H,1,11,13,15H2,2-3H3/t24-/m1/s1. The molecule has 1 N–H and O–H groups in total. The molecule has 1 aromatic heterocycles. The highest BCUT2D eigenvalue weighted by Gasteiger charge is 2.42. The molecule has 6 heteroatoms. The van der Waals surface area contributed by atoms with Crippen LogP contribution in [0.4, 0.5) is 5.69 Å². The first kappa shape index (κ1) is 20.2. The SMILES string of the molecule is C=CC(=O)N1CC[C@](Nc2ccc3c(OC)ccnc3c2)(c2cccc(Cl)c2C)C1.